The Balaban J connectivity index is 1.51. The van der Waals surface area contributed by atoms with E-state index in [1.165, 1.54) is 12.1 Å². The van der Waals surface area contributed by atoms with Crippen LogP contribution >= 0.6 is 0 Å². The van der Waals surface area contributed by atoms with Crippen molar-refractivity contribution in [1.29, 1.82) is 0 Å². The maximum Gasteiger partial charge on any atom is 0.336 e. The van der Waals surface area contributed by atoms with Crippen LogP contribution in [0.5, 0.6) is 11.5 Å². The first-order valence-electron chi connectivity index (χ1n) is 9.00. The third-order valence-corrected chi connectivity index (χ3v) is 5.00. The van der Waals surface area contributed by atoms with Crippen LogP contribution in [0.25, 0.3) is 11.0 Å². The first-order valence-corrected chi connectivity index (χ1v) is 9.00. The highest BCUT2D eigenvalue weighted by Crippen LogP contribution is 2.29. The van der Waals surface area contributed by atoms with Gasteiger partial charge < -0.3 is 19.2 Å². The Bertz CT molecular complexity index is 1010. The van der Waals surface area contributed by atoms with Crippen LogP contribution in [0.15, 0.2) is 57.7 Å². The van der Waals surface area contributed by atoms with E-state index >= 15 is 0 Å². The summed E-state index contributed by atoms with van der Waals surface area (Å²) in [5, 5.41) is 10.6. The van der Waals surface area contributed by atoms with Gasteiger partial charge in [0, 0.05) is 44.2 Å². The van der Waals surface area contributed by atoms with E-state index in [2.05, 4.69) is 15.9 Å². The zero-order valence-electron chi connectivity index (χ0n) is 15.2. The second-order valence-electron chi connectivity index (χ2n) is 6.71. The second kappa shape index (κ2) is 7.32. The molecule has 2 aromatic carbocycles. The van der Waals surface area contributed by atoms with Gasteiger partial charge in [-0.3, -0.25) is 4.90 Å². The summed E-state index contributed by atoms with van der Waals surface area (Å²) in [6.45, 7) is 4.15. The van der Waals surface area contributed by atoms with Gasteiger partial charge in [0.25, 0.3) is 0 Å². The van der Waals surface area contributed by atoms with Gasteiger partial charge in [-0.05, 0) is 35.9 Å². The zero-order valence-corrected chi connectivity index (χ0v) is 15.2. The molecule has 6 nitrogen and oxygen atoms in total. The molecule has 0 spiro atoms. The number of anilines is 1. The van der Waals surface area contributed by atoms with Crippen molar-refractivity contribution in [2.24, 2.45) is 0 Å². The van der Waals surface area contributed by atoms with E-state index in [0.717, 1.165) is 48.6 Å². The predicted octanol–water partition coefficient (Wildman–Crippen LogP) is 2.83. The van der Waals surface area contributed by atoms with Crippen molar-refractivity contribution in [1.82, 2.24) is 4.90 Å². The van der Waals surface area contributed by atoms with E-state index in [-0.39, 0.29) is 11.4 Å². The van der Waals surface area contributed by atoms with E-state index in [1.807, 2.05) is 18.2 Å². The first kappa shape index (κ1) is 17.4. The minimum atomic E-state index is -0.365. The molecular formula is C21H22N2O4. The number of ether oxygens (including phenoxy) is 1. The lowest BCUT2D eigenvalue weighted by Gasteiger charge is -2.36. The fraction of sp³-hybridized carbons (Fsp3) is 0.286. The molecule has 1 N–H and O–H groups in total. The smallest absolute Gasteiger partial charge is 0.336 e. The number of para-hydroxylation sites is 2. The summed E-state index contributed by atoms with van der Waals surface area (Å²) in [4.78, 5) is 16.5. The molecule has 2 heterocycles. The Morgan fingerprint density at radius 1 is 1.07 bits per heavy atom. The molecule has 0 aliphatic carbocycles. The Morgan fingerprint density at radius 2 is 1.85 bits per heavy atom. The molecule has 0 atom stereocenters. The Morgan fingerprint density at radius 3 is 2.63 bits per heavy atom. The molecule has 1 fully saturated rings. The van der Waals surface area contributed by atoms with Crippen LogP contribution in [0.2, 0.25) is 0 Å². The molecule has 0 amide bonds. The maximum absolute atomic E-state index is 11.9. The van der Waals surface area contributed by atoms with Gasteiger partial charge in [-0.15, -0.1) is 0 Å². The molecule has 4 rings (SSSR count). The highest BCUT2D eigenvalue weighted by atomic mass is 16.5. The van der Waals surface area contributed by atoms with E-state index in [0.29, 0.717) is 12.1 Å². The van der Waals surface area contributed by atoms with Crippen molar-refractivity contribution in [3.05, 3.63) is 64.5 Å². The van der Waals surface area contributed by atoms with Gasteiger partial charge in [0.2, 0.25) is 0 Å². The largest absolute Gasteiger partial charge is 0.508 e. The summed E-state index contributed by atoms with van der Waals surface area (Å²) in [5.74, 6) is 1.05. The Kier molecular flexibility index (Phi) is 4.73. The number of methoxy groups -OCH3 is 1. The minimum absolute atomic E-state index is 0.165. The minimum Gasteiger partial charge on any atom is -0.508 e. The third kappa shape index (κ3) is 3.61. The molecule has 0 radical (unpaired) electrons. The van der Waals surface area contributed by atoms with Gasteiger partial charge in [-0.1, -0.05) is 12.1 Å². The summed E-state index contributed by atoms with van der Waals surface area (Å²) in [5.41, 5.74) is 2.12. The fourth-order valence-electron chi connectivity index (χ4n) is 3.63. The SMILES string of the molecule is COc1ccccc1N1CCN(Cc2cc(=O)oc3ccc(O)cc23)CC1. The number of hydrogen-bond acceptors (Lipinski definition) is 6. The van der Waals surface area contributed by atoms with Crippen molar-refractivity contribution in [2.45, 2.75) is 6.54 Å². The number of nitrogens with zero attached hydrogens (tertiary/aromatic N) is 2. The molecule has 27 heavy (non-hydrogen) atoms. The number of aromatic hydroxyl groups is 1. The predicted molar refractivity (Wildman–Crippen MR) is 105 cm³/mol. The molecule has 6 heteroatoms. The molecule has 1 saturated heterocycles. The van der Waals surface area contributed by atoms with E-state index in [9.17, 15) is 9.90 Å². The summed E-state index contributed by atoms with van der Waals surface area (Å²) >= 11 is 0. The van der Waals surface area contributed by atoms with Gasteiger partial charge >= 0.3 is 5.63 Å². The van der Waals surface area contributed by atoms with Gasteiger partial charge in [-0.25, -0.2) is 4.79 Å². The average Bonchev–Trinajstić information content (AvgIpc) is 2.69. The van der Waals surface area contributed by atoms with E-state index in [1.54, 1.807) is 19.2 Å². The van der Waals surface area contributed by atoms with E-state index < -0.39 is 0 Å². The van der Waals surface area contributed by atoms with Crippen molar-refractivity contribution < 1.29 is 14.3 Å². The number of rotatable bonds is 4. The van der Waals surface area contributed by atoms with Crippen LogP contribution in [-0.2, 0) is 6.54 Å². The fourth-order valence-corrected chi connectivity index (χ4v) is 3.63. The third-order valence-electron chi connectivity index (χ3n) is 5.00. The van der Waals surface area contributed by atoms with Crippen molar-refractivity contribution in [3.8, 4) is 11.5 Å². The van der Waals surface area contributed by atoms with Crippen molar-refractivity contribution >= 4 is 16.7 Å². The standard InChI is InChI=1S/C21H22N2O4/c1-26-20-5-3-2-4-18(20)23-10-8-22(9-11-23)14-15-12-21(25)27-19-7-6-16(24)13-17(15)19/h2-7,12-13,24H,8-11,14H2,1H3. The highest BCUT2D eigenvalue weighted by molar-refractivity contribution is 5.81. The lowest BCUT2D eigenvalue weighted by molar-refractivity contribution is 0.249. The summed E-state index contributed by atoms with van der Waals surface area (Å²) in [6.07, 6.45) is 0. The van der Waals surface area contributed by atoms with Gasteiger partial charge in [0.15, 0.2) is 0 Å². The molecule has 0 saturated carbocycles. The summed E-state index contributed by atoms with van der Waals surface area (Å²) in [7, 11) is 1.69. The Hall–Kier alpha value is -2.99. The van der Waals surface area contributed by atoms with Crippen LogP contribution in [0.3, 0.4) is 0 Å². The number of benzene rings is 2. The lowest BCUT2D eigenvalue weighted by Crippen LogP contribution is -2.46. The monoisotopic (exact) mass is 366 g/mol. The first-order chi connectivity index (χ1) is 13.1. The molecule has 1 aliphatic heterocycles. The Labute approximate surface area is 157 Å². The number of hydrogen-bond donors (Lipinski definition) is 1. The second-order valence-corrected chi connectivity index (χ2v) is 6.71. The van der Waals surface area contributed by atoms with Gasteiger partial charge in [0.1, 0.15) is 17.1 Å². The average molecular weight is 366 g/mol. The molecule has 1 aromatic heterocycles. The molecule has 0 bridgehead atoms. The number of fused-ring (bicyclic) bond motifs is 1. The zero-order chi connectivity index (χ0) is 18.8. The molecular weight excluding hydrogens is 344 g/mol. The lowest BCUT2D eigenvalue weighted by atomic mass is 10.1. The number of piperazine rings is 1. The quantitative estimate of drug-likeness (QED) is 0.717. The highest BCUT2D eigenvalue weighted by Gasteiger charge is 2.20. The number of phenols is 1. The summed E-state index contributed by atoms with van der Waals surface area (Å²) in [6, 6.07) is 14.4. The van der Waals surface area contributed by atoms with Gasteiger partial charge in [-0.2, -0.15) is 0 Å². The maximum atomic E-state index is 11.9. The van der Waals surface area contributed by atoms with Crippen LogP contribution in [-0.4, -0.2) is 43.3 Å². The molecule has 0 unspecified atom stereocenters. The topological polar surface area (TPSA) is 66.2 Å². The van der Waals surface area contributed by atoms with E-state index in [4.69, 9.17) is 9.15 Å². The summed E-state index contributed by atoms with van der Waals surface area (Å²) < 4.78 is 10.7. The molecule has 3 aromatic rings. The van der Waals surface area contributed by atoms with Crippen LogP contribution in [0.4, 0.5) is 5.69 Å². The molecule has 140 valence electrons. The number of phenolic OH excluding ortho intramolecular Hbond substituents is 1. The molecule has 1 aliphatic rings. The van der Waals surface area contributed by atoms with Crippen molar-refractivity contribution in [3.63, 3.8) is 0 Å². The van der Waals surface area contributed by atoms with Crippen LogP contribution in [0, 0.1) is 0 Å². The normalized spacial score (nSPS) is 15.2. The van der Waals surface area contributed by atoms with Crippen molar-refractivity contribution in [2.75, 3.05) is 38.2 Å². The van der Waals surface area contributed by atoms with Gasteiger partial charge in [0.05, 0.1) is 12.8 Å². The van der Waals surface area contributed by atoms with Crippen LogP contribution in [0.1, 0.15) is 5.56 Å². The van der Waals surface area contributed by atoms with Crippen LogP contribution < -0.4 is 15.3 Å².